The number of phenolic OH excluding ortho intramolecular Hbond substituents is 1. The number of benzene rings is 1. The van der Waals surface area contributed by atoms with Gasteiger partial charge >= 0.3 is 6.09 Å². The van der Waals surface area contributed by atoms with Gasteiger partial charge in [0.1, 0.15) is 23.4 Å². The summed E-state index contributed by atoms with van der Waals surface area (Å²) in [6.45, 7) is 10.8. The molecule has 2 unspecified atom stereocenters. The molecule has 2 atom stereocenters. The minimum absolute atomic E-state index is 0.161. The van der Waals surface area contributed by atoms with Crippen LogP contribution in [0.2, 0.25) is 0 Å². The van der Waals surface area contributed by atoms with Gasteiger partial charge in [-0.3, -0.25) is 14.4 Å². The van der Waals surface area contributed by atoms with E-state index in [-0.39, 0.29) is 11.3 Å². The fourth-order valence-corrected chi connectivity index (χ4v) is 3.53. The summed E-state index contributed by atoms with van der Waals surface area (Å²) in [6.07, 6.45) is 1.27. The van der Waals surface area contributed by atoms with Crippen molar-refractivity contribution in [3.05, 3.63) is 29.8 Å². The lowest BCUT2D eigenvalue weighted by Gasteiger charge is -2.37. The Bertz CT molecular complexity index is 881. The van der Waals surface area contributed by atoms with Crippen molar-refractivity contribution in [2.24, 2.45) is 5.73 Å². The molecule has 0 aliphatic rings. The number of primary amides is 1. The lowest BCUT2D eigenvalue weighted by atomic mass is 9.99. The van der Waals surface area contributed by atoms with Crippen molar-refractivity contribution < 1.29 is 29.0 Å². The Morgan fingerprint density at radius 1 is 1.11 bits per heavy atom. The minimum atomic E-state index is -1.37. The molecule has 1 rings (SSSR count). The Morgan fingerprint density at radius 2 is 1.74 bits per heavy atom. The number of nitrogens with one attached hydrogen (secondary N) is 2. The summed E-state index contributed by atoms with van der Waals surface area (Å²) in [6, 6.07) is 3.12. The molecule has 0 fully saturated rings. The third kappa shape index (κ3) is 9.84. The monoisotopic (exact) mass is 492 g/mol. The first-order valence-corrected chi connectivity index (χ1v) is 11.9. The highest BCUT2D eigenvalue weighted by molar-refractivity contribution is 5.95. The van der Waals surface area contributed by atoms with Gasteiger partial charge in [0.05, 0.1) is 6.42 Å². The summed E-state index contributed by atoms with van der Waals surface area (Å²) in [7, 11) is 0. The van der Waals surface area contributed by atoms with Crippen molar-refractivity contribution in [2.75, 3.05) is 6.54 Å². The molecule has 5 N–H and O–H groups in total. The van der Waals surface area contributed by atoms with Crippen LogP contribution >= 0.6 is 0 Å². The van der Waals surface area contributed by atoms with Crippen LogP contribution in [0.4, 0.5) is 4.79 Å². The summed E-state index contributed by atoms with van der Waals surface area (Å²) >= 11 is 0. The number of phenols is 1. The zero-order valence-corrected chi connectivity index (χ0v) is 21.6. The van der Waals surface area contributed by atoms with Crippen LogP contribution in [0.25, 0.3) is 0 Å². The number of unbranched alkanes of at least 4 members (excludes halogenated alkanes) is 2. The Kier molecular flexibility index (Phi) is 11.5. The van der Waals surface area contributed by atoms with Gasteiger partial charge < -0.3 is 31.1 Å². The molecule has 1 aromatic rings. The molecule has 0 saturated heterocycles. The van der Waals surface area contributed by atoms with E-state index < -0.39 is 54.0 Å². The van der Waals surface area contributed by atoms with Gasteiger partial charge in [-0.15, -0.1) is 0 Å². The van der Waals surface area contributed by atoms with Crippen molar-refractivity contribution in [3.8, 4) is 5.75 Å². The molecule has 0 bridgehead atoms. The fraction of sp³-hybridized carbons (Fsp3) is 0.600. The molecule has 0 spiro atoms. The maximum Gasteiger partial charge on any atom is 0.408 e. The predicted octanol–water partition coefficient (Wildman–Crippen LogP) is 2.75. The van der Waals surface area contributed by atoms with Gasteiger partial charge in [-0.1, -0.05) is 38.0 Å². The topological polar surface area (TPSA) is 151 Å². The van der Waals surface area contributed by atoms with E-state index in [2.05, 4.69) is 10.6 Å². The van der Waals surface area contributed by atoms with Crippen LogP contribution in [0, 0.1) is 0 Å². The first-order valence-electron chi connectivity index (χ1n) is 11.9. The van der Waals surface area contributed by atoms with Crippen molar-refractivity contribution >= 4 is 23.8 Å². The second kappa shape index (κ2) is 13.6. The smallest absolute Gasteiger partial charge is 0.408 e. The Hall–Kier alpha value is -3.30. The van der Waals surface area contributed by atoms with E-state index in [1.54, 1.807) is 52.8 Å². The normalized spacial score (nSPS) is 13.0. The molecule has 10 nitrogen and oxygen atoms in total. The molecule has 4 amide bonds. The summed E-state index contributed by atoms with van der Waals surface area (Å²) in [5.74, 6) is -2.17. The number of nitrogens with two attached hydrogens (primary N) is 1. The number of hydrogen-bond acceptors (Lipinski definition) is 6. The van der Waals surface area contributed by atoms with E-state index in [0.29, 0.717) is 6.54 Å². The largest absolute Gasteiger partial charge is 0.508 e. The van der Waals surface area contributed by atoms with Crippen molar-refractivity contribution in [1.29, 1.82) is 0 Å². The quantitative estimate of drug-likeness (QED) is 0.329. The SMILES string of the molecule is CCCCCNC(=O)C(c1ccccc1O)N(C(=O)C(CC(N)=O)NC(=O)OC(C)(C)C)C(C)C. The van der Waals surface area contributed by atoms with Gasteiger partial charge in [0.2, 0.25) is 17.7 Å². The number of carbonyl (C=O) groups is 4. The molecule has 196 valence electrons. The van der Waals surface area contributed by atoms with E-state index in [0.717, 1.165) is 19.3 Å². The van der Waals surface area contributed by atoms with Crippen LogP contribution in [0.3, 0.4) is 0 Å². The number of para-hydroxylation sites is 1. The molecule has 0 aliphatic carbocycles. The minimum Gasteiger partial charge on any atom is -0.508 e. The number of nitrogens with zero attached hydrogens (tertiary/aromatic N) is 1. The average Bonchev–Trinajstić information content (AvgIpc) is 2.72. The standard InChI is InChI=1S/C25H40N4O6/c1-7-8-11-14-27-22(32)21(17-12-9-10-13-19(17)30)29(16(2)3)23(33)18(15-20(26)31)28-24(34)35-25(4,5)6/h9-10,12-13,16,18,21,30H,7-8,11,14-15H2,1-6H3,(H2,26,31)(H,27,32)(H,28,34). The van der Waals surface area contributed by atoms with Gasteiger partial charge in [0.25, 0.3) is 0 Å². The van der Waals surface area contributed by atoms with Gasteiger partial charge in [0, 0.05) is 18.2 Å². The fourth-order valence-electron chi connectivity index (χ4n) is 3.53. The van der Waals surface area contributed by atoms with Gasteiger partial charge in [-0.25, -0.2) is 4.79 Å². The molecule has 0 radical (unpaired) electrons. The molecule has 10 heteroatoms. The summed E-state index contributed by atoms with van der Waals surface area (Å²) in [5.41, 5.74) is 4.74. The molecule has 0 saturated carbocycles. The van der Waals surface area contributed by atoms with E-state index in [9.17, 15) is 24.3 Å². The molecule has 0 aliphatic heterocycles. The van der Waals surface area contributed by atoms with Gasteiger partial charge in [0.15, 0.2) is 0 Å². The van der Waals surface area contributed by atoms with Gasteiger partial charge in [-0.05, 0) is 47.1 Å². The van der Waals surface area contributed by atoms with Crippen LogP contribution in [-0.2, 0) is 19.1 Å². The Morgan fingerprint density at radius 3 is 2.26 bits per heavy atom. The van der Waals surface area contributed by atoms with Crippen LogP contribution in [0.1, 0.15) is 78.8 Å². The zero-order valence-electron chi connectivity index (χ0n) is 21.6. The second-order valence-corrected chi connectivity index (χ2v) is 9.67. The zero-order chi connectivity index (χ0) is 26.8. The first-order chi connectivity index (χ1) is 16.3. The van der Waals surface area contributed by atoms with Crippen LogP contribution < -0.4 is 16.4 Å². The first kappa shape index (κ1) is 29.7. The van der Waals surface area contributed by atoms with E-state index in [4.69, 9.17) is 10.5 Å². The third-order valence-electron chi connectivity index (χ3n) is 5.04. The molecular weight excluding hydrogens is 452 g/mol. The van der Waals surface area contributed by atoms with E-state index in [1.807, 2.05) is 6.92 Å². The van der Waals surface area contributed by atoms with Crippen LogP contribution in [0.5, 0.6) is 5.75 Å². The summed E-state index contributed by atoms with van der Waals surface area (Å²) in [4.78, 5) is 52.5. The molecular formula is C25H40N4O6. The highest BCUT2D eigenvalue weighted by Crippen LogP contribution is 2.31. The summed E-state index contributed by atoms with van der Waals surface area (Å²) < 4.78 is 5.24. The lowest BCUT2D eigenvalue weighted by Crippen LogP contribution is -2.56. The third-order valence-corrected chi connectivity index (χ3v) is 5.04. The molecule has 35 heavy (non-hydrogen) atoms. The highest BCUT2D eigenvalue weighted by Gasteiger charge is 2.39. The van der Waals surface area contributed by atoms with E-state index >= 15 is 0 Å². The Labute approximate surface area is 207 Å². The van der Waals surface area contributed by atoms with E-state index in [1.165, 1.54) is 11.0 Å². The highest BCUT2D eigenvalue weighted by atomic mass is 16.6. The van der Waals surface area contributed by atoms with Crippen LogP contribution in [0.15, 0.2) is 24.3 Å². The molecule has 0 aromatic heterocycles. The second-order valence-electron chi connectivity index (χ2n) is 9.67. The number of carbonyl (C=O) groups excluding carboxylic acids is 4. The number of alkyl carbamates (subject to hydrolysis) is 1. The van der Waals surface area contributed by atoms with Crippen molar-refractivity contribution in [1.82, 2.24) is 15.5 Å². The van der Waals surface area contributed by atoms with Crippen molar-refractivity contribution in [3.63, 3.8) is 0 Å². The average molecular weight is 493 g/mol. The molecule has 0 heterocycles. The number of ether oxygens (including phenoxy) is 1. The number of amides is 4. The predicted molar refractivity (Wildman–Crippen MR) is 132 cm³/mol. The van der Waals surface area contributed by atoms with Gasteiger partial charge in [-0.2, -0.15) is 0 Å². The Balaban J connectivity index is 3.40. The van der Waals surface area contributed by atoms with Crippen LogP contribution in [-0.4, -0.2) is 58.1 Å². The number of aromatic hydroxyl groups is 1. The maximum absolute atomic E-state index is 13.7. The number of rotatable bonds is 12. The molecule has 1 aromatic carbocycles. The number of hydrogen-bond donors (Lipinski definition) is 4. The lowest BCUT2D eigenvalue weighted by molar-refractivity contribution is -0.145. The van der Waals surface area contributed by atoms with Crippen molar-refractivity contribution in [2.45, 2.75) is 91.0 Å². The summed E-state index contributed by atoms with van der Waals surface area (Å²) in [5, 5.41) is 15.8. The maximum atomic E-state index is 13.7.